The van der Waals surface area contributed by atoms with Gasteiger partial charge in [0, 0.05) is 13.0 Å². The van der Waals surface area contributed by atoms with Gasteiger partial charge in [0.25, 0.3) is 6.43 Å². The van der Waals surface area contributed by atoms with Crippen LogP contribution in [0.25, 0.3) is 0 Å². The Morgan fingerprint density at radius 1 is 1.35 bits per heavy atom. The van der Waals surface area contributed by atoms with Crippen molar-refractivity contribution in [2.45, 2.75) is 38.1 Å². The van der Waals surface area contributed by atoms with Gasteiger partial charge in [-0.3, -0.25) is 0 Å². The lowest BCUT2D eigenvalue weighted by Gasteiger charge is -2.08. The Bertz CT molecular complexity index is 333. The lowest BCUT2D eigenvalue weighted by molar-refractivity contribution is 0.0181. The molecule has 1 rings (SSSR count). The first-order chi connectivity index (χ1) is 8.19. The summed E-state index contributed by atoms with van der Waals surface area (Å²) in [6.45, 7) is 2.62. The summed E-state index contributed by atoms with van der Waals surface area (Å²) in [5.74, 6) is 1.64. The maximum Gasteiger partial charge on any atom is 0.261 e. The van der Waals surface area contributed by atoms with Gasteiger partial charge < -0.3 is 9.30 Å². The van der Waals surface area contributed by atoms with E-state index in [1.165, 1.54) is 0 Å². The maximum atomic E-state index is 11.9. The molecule has 17 heavy (non-hydrogen) atoms. The number of aromatic nitrogens is 3. The molecule has 0 unspecified atom stereocenters. The summed E-state index contributed by atoms with van der Waals surface area (Å²) in [6.07, 6.45) is -0.933. The molecule has 1 aromatic rings. The zero-order chi connectivity index (χ0) is 12.7. The van der Waals surface area contributed by atoms with Crippen LogP contribution in [0.2, 0.25) is 0 Å². The van der Waals surface area contributed by atoms with E-state index in [9.17, 15) is 8.78 Å². The second-order valence-electron chi connectivity index (χ2n) is 3.53. The molecular formula is C10H16BrF2N3O. The Hall–Kier alpha value is -0.560. The van der Waals surface area contributed by atoms with Crippen LogP contribution in [0.15, 0.2) is 0 Å². The van der Waals surface area contributed by atoms with Gasteiger partial charge in [-0.15, -0.1) is 10.2 Å². The molecule has 0 aliphatic heterocycles. The lowest BCUT2D eigenvalue weighted by Crippen LogP contribution is -2.11. The largest absolute Gasteiger partial charge is 0.375 e. The van der Waals surface area contributed by atoms with Gasteiger partial charge in [0.05, 0.1) is 11.9 Å². The Kier molecular flexibility index (Phi) is 6.57. The number of nitrogens with zero attached hydrogens (tertiary/aromatic N) is 3. The summed E-state index contributed by atoms with van der Waals surface area (Å²) < 4.78 is 30.5. The normalized spacial score (nSPS) is 11.4. The minimum absolute atomic E-state index is 0.245. The van der Waals surface area contributed by atoms with Crippen molar-refractivity contribution in [2.24, 2.45) is 0 Å². The number of hydrogen-bond acceptors (Lipinski definition) is 3. The molecule has 0 aliphatic carbocycles. The minimum atomic E-state index is -2.42. The lowest BCUT2D eigenvalue weighted by atomic mass is 10.4. The van der Waals surface area contributed by atoms with E-state index in [1.54, 1.807) is 0 Å². The van der Waals surface area contributed by atoms with Gasteiger partial charge in [-0.25, -0.2) is 8.78 Å². The smallest absolute Gasteiger partial charge is 0.261 e. The number of rotatable bonds is 8. The second-order valence-corrected chi connectivity index (χ2v) is 4.09. The molecule has 98 valence electrons. The van der Waals surface area contributed by atoms with E-state index in [1.807, 2.05) is 4.57 Å². The average molecular weight is 312 g/mol. The van der Waals surface area contributed by atoms with Crippen LogP contribution in [0.5, 0.6) is 0 Å². The molecule has 0 radical (unpaired) electrons. The Morgan fingerprint density at radius 2 is 2.06 bits per heavy atom. The molecule has 4 nitrogen and oxygen atoms in total. The van der Waals surface area contributed by atoms with E-state index in [-0.39, 0.29) is 6.61 Å². The third kappa shape index (κ3) is 4.67. The van der Waals surface area contributed by atoms with Crippen molar-refractivity contribution in [3.63, 3.8) is 0 Å². The summed E-state index contributed by atoms with van der Waals surface area (Å²) in [5, 5.41) is 8.70. The third-order valence-electron chi connectivity index (χ3n) is 2.18. The third-order valence-corrected chi connectivity index (χ3v) is 2.69. The zero-order valence-electron chi connectivity index (χ0n) is 9.70. The highest BCUT2D eigenvalue weighted by Crippen LogP contribution is 2.08. The fourth-order valence-electron chi connectivity index (χ4n) is 1.47. The first kappa shape index (κ1) is 14.5. The SMILES string of the molecule is CCCn1c(CBr)nnc1CCOCC(F)F. The van der Waals surface area contributed by atoms with E-state index in [2.05, 4.69) is 33.1 Å². The highest BCUT2D eigenvalue weighted by atomic mass is 79.9. The Labute approximate surface area is 107 Å². The summed E-state index contributed by atoms with van der Waals surface area (Å²) in [6, 6.07) is 0. The minimum Gasteiger partial charge on any atom is -0.375 e. The standard InChI is InChI=1S/C10H16BrF2N3O/c1-2-4-16-9(14-15-10(16)6-11)3-5-17-7-8(12)13/h8H,2-7H2,1H3. The van der Waals surface area contributed by atoms with Crippen LogP contribution in [-0.4, -0.2) is 34.4 Å². The molecule has 0 saturated heterocycles. The molecule has 0 aromatic carbocycles. The highest BCUT2D eigenvalue weighted by Gasteiger charge is 2.10. The van der Waals surface area contributed by atoms with Crippen LogP contribution < -0.4 is 0 Å². The molecule has 0 saturated carbocycles. The van der Waals surface area contributed by atoms with Crippen molar-refractivity contribution >= 4 is 15.9 Å². The van der Waals surface area contributed by atoms with E-state index in [0.717, 1.165) is 24.6 Å². The average Bonchev–Trinajstić information content (AvgIpc) is 2.67. The monoisotopic (exact) mass is 311 g/mol. The molecule has 0 bridgehead atoms. The van der Waals surface area contributed by atoms with Crippen molar-refractivity contribution in [1.29, 1.82) is 0 Å². The van der Waals surface area contributed by atoms with Gasteiger partial charge in [0.2, 0.25) is 0 Å². The molecular weight excluding hydrogens is 296 g/mol. The van der Waals surface area contributed by atoms with Crippen molar-refractivity contribution in [3.8, 4) is 0 Å². The zero-order valence-corrected chi connectivity index (χ0v) is 11.3. The summed E-state index contributed by atoms with van der Waals surface area (Å²) >= 11 is 3.34. The maximum absolute atomic E-state index is 11.9. The molecule has 7 heteroatoms. The Balaban J connectivity index is 2.49. The van der Waals surface area contributed by atoms with E-state index in [4.69, 9.17) is 4.74 Å². The molecule has 0 aliphatic rings. The number of alkyl halides is 3. The van der Waals surface area contributed by atoms with Crippen LogP contribution >= 0.6 is 15.9 Å². The van der Waals surface area contributed by atoms with Gasteiger partial charge in [-0.05, 0) is 6.42 Å². The van der Waals surface area contributed by atoms with Crippen molar-refractivity contribution in [2.75, 3.05) is 13.2 Å². The first-order valence-corrected chi connectivity index (χ1v) is 6.64. The van der Waals surface area contributed by atoms with E-state index >= 15 is 0 Å². The van der Waals surface area contributed by atoms with E-state index < -0.39 is 13.0 Å². The van der Waals surface area contributed by atoms with Gasteiger partial charge in [0.1, 0.15) is 18.3 Å². The Morgan fingerprint density at radius 3 is 2.65 bits per heavy atom. The molecule has 0 fully saturated rings. The molecule has 0 N–H and O–H groups in total. The van der Waals surface area contributed by atoms with Crippen molar-refractivity contribution in [3.05, 3.63) is 11.6 Å². The first-order valence-electron chi connectivity index (χ1n) is 5.51. The number of halogens is 3. The summed E-state index contributed by atoms with van der Waals surface area (Å²) in [5.41, 5.74) is 0. The summed E-state index contributed by atoms with van der Waals surface area (Å²) in [4.78, 5) is 0. The van der Waals surface area contributed by atoms with Crippen LogP contribution in [0.1, 0.15) is 25.0 Å². The second kappa shape index (κ2) is 7.71. The fraction of sp³-hybridized carbons (Fsp3) is 0.800. The predicted octanol–water partition coefficient (Wildman–Crippen LogP) is 2.41. The van der Waals surface area contributed by atoms with Crippen molar-refractivity contribution in [1.82, 2.24) is 14.8 Å². The molecule has 0 spiro atoms. The highest BCUT2D eigenvalue weighted by molar-refractivity contribution is 9.08. The van der Waals surface area contributed by atoms with Gasteiger partial charge in [-0.1, -0.05) is 22.9 Å². The van der Waals surface area contributed by atoms with Gasteiger partial charge >= 0.3 is 0 Å². The predicted molar refractivity (Wildman–Crippen MR) is 63.5 cm³/mol. The fourth-order valence-corrected chi connectivity index (χ4v) is 1.89. The van der Waals surface area contributed by atoms with Crippen LogP contribution in [0.3, 0.4) is 0 Å². The quantitative estimate of drug-likeness (QED) is 0.547. The van der Waals surface area contributed by atoms with Crippen LogP contribution in [0.4, 0.5) is 8.78 Å². The topological polar surface area (TPSA) is 39.9 Å². The molecule has 1 aromatic heterocycles. The van der Waals surface area contributed by atoms with Gasteiger partial charge in [0.15, 0.2) is 0 Å². The van der Waals surface area contributed by atoms with Gasteiger partial charge in [-0.2, -0.15) is 0 Å². The van der Waals surface area contributed by atoms with Crippen LogP contribution in [0, 0.1) is 0 Å². The van der Waals surface area contributed by atoms with E-state index in [0.29, 0.717) is 11.8 Å². The molecule has 0 amide bonds. The number of ether oxygens (including phenoxy) is 1. The summed E-state index contributed by atoms with van der Waals surface area (Å²) in [7, 11) is 0. The van der Waals surface area contributed by atoms with Crippen molar-refractivity contribution < 1.29 is 13.5 Å². The molecule has 0 atom stereocenters. The van der Waals surface area contributed by atoms with Crippen LogP contribution in [-0.2, 0) is 23.0 Å². The molecule has 1 heterocycles. The number of hydrogen-bond donors (Lipinski definition) is 0.